The van der Waals surface area contributed by atoms with E-state index in [4.69, 9.17) is 0 Å². The molecule has 0 aliphatic rings. The first kappa shape index (κ1) is 13.0. The van der Waals surface area contributed by atoms with E-state index < -0.39 is 0 Å². The Morgan fingerprint density at radius 1 is 1.00 bits per heavy atom. The van der Waals surface area contributed by atoms with Gasteiger partial charge in [0.1, 0.15) is 0 Å². The molecule has 18 heavy (non-hydrogen) atoms. The van der Waals surface area contributed by atoms with Gasteiger partial charge in [0.25, 0.3) is 0 Å². The number of rotatable bonds is 2. The van der Waals surface area contributed by atoms with Gasteiger partial charge in [-0.25, -0.2) is 0 Å². The molecule has 0 aromatic heterocycles. The van der Waals surface area contributed by atoms with E-state index in [0.29, 0.717) is 0 Å². The molecule has 92 valence electrons. The minimum absolute atomic E-state index is 0.0896. The van der Waals surface area contributed by atoms with Crippen LogP contribution < -0.4 is 0 Å². The Labute approximate surface area is 116 Å². The number of aryl methyl sites for hydroxylation is 3. The SMILES string of the molecule is Cc1cccc(C(=O)c2cc(C)c(Br)cc2C)c1. The third kappa shape index (κ3) is 2.54. The van der Waals surface area contributed by atoms with E-state index in [1.807, 2.05) is 57.2 Å². The molecule has 2 aromatic rings. The first-order chi connectivity index (χ1) is 8.49. The number of ketones is 1. The van der Waals surface area contributed by atoms with E-state index >= 15 is 0 Å². The second-order valence-corrected chi connectivity index (χ2v) is 5.47. The summed E-state index contributed by atoms with van der Waals surface area (Å²) in [6.45, 7) is 5.96. The third-order valence-corrected chi connectivity index (χ3v) is 3.88. The second kappa shape index (κ2) is 5.07. The Balaban J connectivity index is 2.49. The van der Waals surface area contributed by atoms with Gasteiger partial charge in [-0.2, -0.15) is 0 Å². The first-order valence-corrected chi connectivity index (χ1v) is 6.66. The van der Waals surface area contributed by atoms with Crippen molar-refractivity contribution in [2.45, 2.75) is 20.8 Å². The van der Waals surface area contributed by atoms with Crippen LogP contribution >= 0.6 is 15.9 Å². The molecule has 2 heteroatoms. The summed E-state index contributed by atoms with van der Waals surface area (Å²) in [7, 11) is 0. The molecule has 2 rings (SSSR count). The largest absolute Gasteiger partial charge is 0.289 e. The molecule has 0 radical (unpaired) electrons. The molecule has 0 N–H and O–H groups in total. The zero-order chi connectivity index (χ0) is 13.3. The average molecular weight is 303 g/mol. The Kier molecular flexibility index (Phi) is 3.67. The van der Waals surface area contributed by atoms with E-state index in [2.05, 4.69) is 15.9 Å². The summed E-state index contributed by atoms with van der Waals surface area (Å²) >= 11 is 3.49. The molecule has 0 atom stereocenters. The predicted molar refractivity (Wildman–Crippen MR) is 78.2 cm³/mol. The molecule has 0 aliphatic heterocycles. The fraction of sp³-hybridized carbons (Fsp3) is 0.188. The minimum Gasteiger partial charge on any atom is -0.289 e. The van der Waals surface area contributed by atoms with Crippen molar-refractivity contribution in [3.8, 4) is 0 Å². The van der Waals surface area contributed by atoms with Crippen LogP contribution in [-0.4, -0.2) is 5.78 Å². The number of carbonyl (C=O) groups excluding carboxylic acids is 1. The van der Waals surface area contributed by atoms with Crippen LogP contribution in [0.1, 0.15) is 32.6 Å². The third-order valence-electron chi connectivity index (χ3n) is 3.03. The van der Waals surface area contributed by atoms with Crippen molar-refractivity contribution >= 4 is 21.7 Å². The molecule has 0 saturated heterocycles. The second-order valence-electron chi connectivity index (χ2n) is 4.61. The Bertz CT molecular complexity index is 614. The maximum Gasteiger partial charge on any atom is 0.193 e. The highest BCUT2D eigenvalue weighted by atomic mass is 79.9. The van der Waals surface area contributed by atoms with Gasteiger partial charge in [-0.1, -0.05) is 39.7 Å². The number of halogens is 1. The Hall–Kier alpha value is -1.41. The normalized spacial score (nSPS) is 10.4. The van der Waals surface area contributed by atoms with Crippen LogP contribution in [0, 0.1) is 20.8 Å². The molecule has 0 spiro atoms. The summed E-state index contributed by atoms with van der Waals surface area (Å²) in [5.41, 5.74) is 4.71. The van der Waals surface area contributed by atoms with Gasteiger partial charge in [0.05, 0.1) is 0 Å². The minimum atomic E-state index is 0.0896. The van der Waals surface area contributed by atoms with Crippen molar-refractivity contribution in [3.05, 3.63) is 68.7 Å². The van der Waals surface area contributed by atoms with E-state index in [0.717, 1.165) is 32.3 Å². The van der Waals surface area contributed by atoms with Crippen LogP contribution in [0.3, 0.4) is 0 Å². The summed E-state index contributed by atoms with van der Waals surface area (Å²) in [6.07, 6.45) is 0. The van der Waals surface area contributed by atoms with Crippen LogP contribution in [0.25, 0.3) is 0 Å². The molecule has 0 bridgehead atoms. The van der Waals surface area contributed by atoms with Gasteiger partial charge in [-0.3, -0.25) is 4.79 Å². The molecule has 0 heterocycles. The lowest BCUT2D eigenvalue weighted by molar-refractivity contribution is 0.103. The maximum absolute atomic E-state index is 12.5. The highest BCUT2D eigenvalue weighted by Crippen LogP contribution is 2.23. The van der Waals surface area contributed by atoms with E-state index in [1.54, 1.807) is 0 Å². The van der Waals surface area contributed by atoms with Crippen LogP contribution in [0.4, 0.5) is 0 Å². The molecule has 2 aromatic carbocycles. The average Bonchev–Trinajstić information content (AvgIpc) is 2.33. The van der Waals surface area contributed by atoms with Gasteiger partial charge < -0.3 is 0 Å². The van der Waals surface area contributed by atoms with E-state index in [9.17, 15) is 4.79 Å². The smallest absolute Gasteiger partial charge is 0.193 e. The van der Waals surface area contributed by atoms with Crippen molar-refractivity contribution in [3.63, 3.8) is 0 Å². The van der Waals surface area contributed by atoms with Crippen molar-refractivity contribution in [2.24, 2.45) is 0 Å². The molecule has 0 fully saturated rings. The van der Waals surface area contributed by atoms with E-state index in [1.165, 1.54) is 0 Å². The van der Waals surface area contributed by atoms with Crippen molar-refractivity contribution in [2.75, 3.05) is 0 Å². The van der Waals surface area contributed by atoms with Gasteiger partial charge in [-0.15, -0.1) is 0 Å². The van der Waals surface area contributed by atoms with Crippen molar-refractivity contribution in [1.82, 2.24) is 0 Å². The van der Waals surface area contributed by atoms with Crippen molar-refractivity contribution in [1.29, 1.82) is 0 Å². The van der Waals surface area contributed by atoms with Gasteiger partial charge >= 0.3 is 0 Å². The van der Waals surface area contributed by atoms with Gasteiger partial charge in [-0.05, 0) is 50.1 Å². The fourth-order valence-electron chi connectivity index (χ4n) is 1.97. The number of hydrogen-bond donors (Lipinski definition) is 0. The molecule has 0 amide bonds. The lowest BCUT2D eigenvalue weighted by Crippen LogP contribution is -2.04. The molecule has 0 unspecified atom stereocenters. The van der Waals surface area contributed by atoms with Gasteiger partial charge in [0, 0.05) is 15.6 Å². The lowest BCUT2D eigenvalue weighted by atomic mass is 9.96. The molecule has 1 nitrogen and oxygen atoms in total. The monoisotopic (exact) mass is 302 g/mol. The topological polar surface area (TPSA) is 17.1 Å². The Morgan fingerprint density at radius 3 is 2.39 bits per heavy atom. The summed E-state index contributed by atoms with van der Waals surface area (Å²) in [5.74, 6) is 0.0896. The van der Waals surface area contributed by atoms with Crippen molar-refractivity contribution < 1.29 is 4.79 Å². The summed E-state index contributed by atoms with van der Waals surface area (Å²) < 4.78 is 1.04. The molecule has 0 aliphatic carbocycles. The summed E-state index contributed by atoms with van der Waals surface area (Å²) in [5, 5.41) is 0. The molecular formula is C16H15BrO. The molecule has 0 saturated carbocycles. The number of hydrogen-bond acceptors (Lipinski definition) is 1. The van der Waals surface area contributed by atoms with Crippen LogP contribution in [0.15, 0.2) is 40.9 Å². The zero-order valence-corrected chi connectivity index (χ0v) is 12.3. The number of carbonyl (C=O) groups is 1. The van der Waals surface area contributed by atoms with Gasteiger partial charge in [0.2, 0.25) is 0 Å². The maximum atomic E-state index is 12.5. The summed E-state index contributed by atoms with van der Waals surface area (Å²) in [6, 6.07) is 11.7. The van der Waals surface area contributed by atoms with Crippen LogP contribution in [-0.2, 0) is 0 Å². The van der Waals surface area contributed by atoms with Crippen LogP contribution in [0.5, 0.6) is 0 Å². The first-order valence-electron chi connectivity index (χ1n) is 5.87. The van der Waals surface area contributed by atoms with Gasteiger partial charge in [0.15, 0.2) is 5.78 Å². The quantitative estimate of drug-likeness (QED) is 0.741. The zero-order valence-electron chi connectivity index (χ0n) is 10.8. The Morgan fingerprint density at radius 2 is 1.72 bits per heavy atom. The standard InChI is InChI=1S/C16H15BrO/c1-10-5-4-6-13(7-10)16(18)14-8-12(3)15(17)9-11(14)2/h4-9H,1-3H3. The summed E-state index contributed by atoms with van der Waals surface area (Å²) in [4.78, 5) is 12.5. The highest BCUT2D eigenvalue weighted by molar-refractivity contribution is 9.10. The highest BCUT2D eigenvalue weighted by Gasteiger charge is 2.13. The predicted octanol–water partition coefficient (Wildman–Crippen LogP) is 4.61. The van der Waals surface area contributed by atoms with Crippen LogP contribution in [0.2, 0.25) is 0 Å². The lowest BCUT2D eigenvalue weighted by Gasteiger charge is -2.08. The van der Waals surface area contributed by atoms with E-state index in [-0.39, 0.29) is 5.78 Å². The molecular weight excluding hydrogens is 288 g/mol. The number of benzene rings is 2. The fourth-order valence-corrected chi connectivity index (χ4v) is 2.43.